The first-order valence-corrected chi connectivity index (χ1v) is 10.7. The van der Waals surface area contributed by atoms with Gasteiger partial charge in [-0.1, -0.05) is 60.7 Å². The first kappa shape index (κ1) is 24.9. The highest BCUT2D eigenvalue weighted by Crippen LogP contribution is 2.15. The van der Waals surface area contributed by atoms with Crippen LogP contribution in [0, 0.1) is 0 Å². The smallest absolute Gasteiger partial charge is 0.408 e. The molecular formula is C25H32N2O5. The summed E-state index contributed by atoms with van der Waals surface area (Å²) >= 11 is 0. The Morgan fingerprint density at radius 2 is 1.50 bits per heavy atom. The molecule has 0 fully saturated rings. The second kappa shape index (κ2) is 11.3. The Hall–Kier alpha value is -3.35. The van der Waals surface area contributed by atoms with E-state index in [-0.39, 0.29) is 6.54 Å². The Morgan fingerprint density at radius 1 is 0.969 bits per heavy atom. The number of carbonyl (C=O) groups excluding carboxylic acids is 2. The molecule has 2 amide bonds. The van der Waals surface area contributed by atoms with Crippen molar-refractivity contribution < 1.29 is 24.2 Å². The van der Waals surface area contributed by atoms with E-state index in [4.69, 9.17) is 4.74 Å². The van der Waals surface area contributed by atoms with Gasteiger partial charge in [-0.3, -0.25) is 4.79 Å². The molecule has 0 spiro atoms. The Morgan fingerprint density at radius 3 is 2.00 bits per heavy atom. The van der Waals surface area contributed by atoms with Gasteiger partial charge in [0.05, 0.1) is 0 Å². The number of aryl methyl sites for hydroxylation is 1. The molecule has 0 aliphatic carbocycles. The highest BCUT2D eigenvalue weighted by Gasteiger charge is 2.33. The SMILES string of the molecule is C[C@@H](C(=O)O)N(Cc1ccccc1)C(=O)[C@@H](CCc1ccccc1)NC(=O)OC(C)(C)C. The minimum absolute atomic E-state index is 0.116. The van der Waals surface area contributed by atoms with Crippen molar-refractivity contribution >= 4 is 18.0 Å². The molecule has 7 heteroatoms. The highest BCUT2D eigenvalue weighted by atomic mass is 16.6. The van der Waals surface area contributed by atoms with Gasteiger partial charge >= 0.3 is 12.1 Å². The van der Waals surface area contributed by atoms with Crippen LogP contribution in [0.3, 0.4) is 0 Å². The summed E-state index contributed by atoms with van der Waals surface area (Å²) in [6.07, 6.45) is 0.125. The van der Waals surface area contributed by atoms with E-state index in [2.05, 4.69) is 5.32 Å². The lowest BCUT2D eigenvalue weighted by molar-refractivity contribution is -0.151. The Kier molecular flexibility index (Phi) is 8.81. The highest BCUT2D eigenvalue weighted by molar-refractivity contribution is 5.89. The van der Waals surface area contributed by atoms with Gasteiger partial charge in [0.1, 0.15) is 17.7 Å². The molecule has 2 atom stereocenters. The number of aliphatic carboxylic acids is 1. The van der Waals surface area contributed by atoms with Crippen LogP contribution in [0.2, 0.25) is 0 Å². The fourth-order valence-corrected chi connectivity index (χ4v) is 3.18. The average molecular weight is 441 g/mol. The lowest BCUT2D eigenvalue weighted by Crippen LogP contribution is -2.53. The minimum atomic E-state index is -1.12. The molecule has 0 saturated carbocycles. The van der Waals surface area contributed by atoms with Gasteiger partial charge in [-0.05, 0) is 51.7 Å². The summed E-state index contributed by atoms with van der Waals surface area (Å²) in [5.41, 5.74) is 1.08. The molecule has 0 unspecified atom stereocenters. The summed E-state index contributed by atoms with van der Waals surface area (Å²) in [5.74, 6) is -1.58. The number of benzene rings is 2. The van der Waals surface area contributed by atoms with Gasteiger partial charge in [0.15, 0.2) is 0 Å². The third-order valence-corrected chi connectivity index (χ3v) is 4.86. The largest absolute Gasteiger partial charge is 0.480 e. The molecule has 2 aromatic rings. The number of hydrogen-bond donors (Lipinski definition) is 2. The zero-order valence-electron chi connectivity index (χ0n) is 19.1. The van der Waals surface area contributed by atoms with Gasteiger partial charge in [0.2, 0.25) is 5.91 Å². The van der Waals surface area contributed by atoms with E-state index in [0.717, 1.165) is 11.1 Å². The molecule has 0 aliphatic rings. The van der Waals surface area contributed by atoms with E-state index in [1.165, 1.54) is 11.8 Å². The van der Waals surface area contributed by atoms with E-state index in [0.29, 0.717) is 12.8 Å². The number of carboxylic acid groups (broad SMARTS) is 1. The fraction of sp³-hybridized carbons (Fsp3) is 0.400. The van der Waals surface area contributed by atoms with E-state index in [1.807, 2.05) is 60.7 Å². The first-order chi connectivity index (χ1) is 15.1. The minimum Gasteiger partial charge on any atom is -0.480 e. The van der Waals surface area contributed by atoms with E-state index in [9.17, 15) is 19.5 Å². The molecule has 0 radical (unpaired) electrons. The molecule has 2 N–H and O–H groups in total. The summed E-state index contributed by atoms with van der Waals surface area (Å²) in [6, 6.07) is 16.8. The topological polar surface area (TPSA) is 95.9 Å². The Balaban J connectivity index is 2.27. The van der Waals surface area contributed by atoms with Crippen molar-refractivity contribution in [3.63, 3.8) is 0 Å². The zero-order valence-corrected chi connectivity index (χ0v) is 19.1. The summed E-state index contributed by atoms with van der Waals surface area (Å²) in [5, 5.41) is 12.3. The van der Waals surface area contributed by atoms with Crippen LogP contribution in [0.4, 0.5) is 4.79 Å². The van der Waals surface area contributed by atoms with E-state index < -0.39 is 35.7 Å². The van der Waals surface area contributed by atoms with Crippen molar-refractivity contribution in [2.45, 2.75) is 64.8 Å². The summed E-state index contributed by atoms with van der Waals surface area (Å²) < 4.78 is 5.34. The van der Waals surface area contributed by atoms with Gasteiger partial charge in [-0.15, -0.1) is 0 Å². The number of amides is 2. The molecule has 32 heavy (non-hydrogen) atoms. The lowest BCUT2D eigenvalue weighted by atomic mass is 10.0. The van der Waals surface area contributed by atoms with Crippen LogP contribution in [0.15, 0.2) is 60.7 Å². The van der Waals surface area contributed by atoms with Gasteiger partial charge in [-0.2, -0.15) is 0 Å². The van der Waals surface area contributed by atoms with Crippen molar-refractivity contribution in [3.8, 4) is 0 Å². The summed E-state index contributed by atoms with van der Waals surface area (Å²) in [4.78, 5) is 39.0. The second-order valence-corrected chi connectivity index (χ2v) is 8.69. The molecular weight excluding hydrogens is 408 g/mol. The quantitative estimate of drug-likeness (QED) is 0.614. The van der Waals surface area contributed by atoms with Crippen LogP contribution in [0.25, 0.3) is 0 Å². The third-order valence-electron chi connectivity index (χ3n) is 4.86. The van der Waals surface area contributed by atoms with Crippen LogP contribution in [-0.4, -0.2) is 45.7 Å². The normalized spacial score (nSPS) is 13.0. The second-order valence-electron chi connectivity index (χ2n) is 8.69. The number of carbonyl (C=O) groups is 3. The number of rotatable bonds is 9. The molecule has 0 aliphatic heterocycles. The van der Waals surface area contributed by atoms with Crippen LogP contribution in [0.1, 0.15) is 45.2 Å². The fourth-order valence-electron chi connectivity index (χ4n) is 3.18. The maximum atomic E-state index is 13.5. The monoisotopic (exact) mass is 440 g/mol. The molecule has 2 aromatic carbocycles. The van der Waals surface area contributed by atoms with Crippen LogP contribution in [0.5, 0.6) is 0 Å². The number of hydrogen-bond acceptors (Lipinski definition) is 4. The standard InChI is InChI=1S/C25H32N2O5/c1-18(23(29)30)27(17-20-13-9-6-10-14-20)22(28)21(26-24(31)32-25(2,3)4)16-15-19-11-7-5-8-12-19/h5-14,18,21H,15-17H2,1-4H3,(H,26,31)(H,29,30)/t18-,21+/m0/s1. The number of nitrogens with one attached hydrogen (secondary N) is 1. The average Bonchev–Trinajstić information content (AvgIpc) is 2.74. The van der Waals surface area contributed by atoms with Gasteiger partial charge < -0.3 is 20.1 Å². The number of ether oxygens (including phenoxy) is 1. The Bertz CT molecular complexity index is 894. The van der Waals surface area contributed by atoms with Crippen LogP contribution >= 0.6 is 0 Å². The van der Waals surface area contributed by atoms with Crippen molar-refractivity contribution in [1.29, 1.82) is 0 Å². The van der Waals surface area contributed by atoms with Crippen molar-refractivity contribution in [1.82, 2.24) is 10.2 Å². The molecule has 0 heterocycles. The maximum absolute atomic E-state index is 13.5. The summed E-state index contributed by atoms with van der Waals surface area (Å²) in [6.45, 7) is 6.79. The van der Waals surface area contributed by atoms with Gasteiger partial charge in [0, 0.05) is 6.54 Å². The summed E-state index contributed by atoms with van der Waals surface area (Å²) in [7, 11) is 0. The van der Waals surface area contributed by atoms with E-state index >= 15 is 0 Å². The van der Waals surface area contributed by atoms with E-state index in [1.54, 1.807) is 20.8 Å². The molecule has 0 aromatic heterocycles. The molecule has 7 nitrogen and oxygen atoms in total. The number of carboxylic acids is 1. The molecule has 0 bridgehead atoms. The lowest BCUT2D eigenvalue weighted by Gasteiger charge is -2.31. The Labute approximate surface area is 189 Å². The third kappa shape index (κ3) is 8.06. The van der Waals surface area contributed by atoms with Gasteiger partial charge in [0.25, 0.3) is 0 Å². The zero-order chi connectivity index (χ0) is 23.7. The predicted molar refractivity (Wildman–Crippen MR) is 122 cm³/mol. The maximum Gasteiger partial charge on any atom is 0.408 e. The molecule has 2 rings (SSSR count). The first-order valence-electron chi connectivity index (χ1n) is 10.7. The van der Waals surface area contributed by atoms with Crippen molar-refractivity contribution in [3.05, 3.63) is 71.8 Å². The molecule has 0 saturated heterocycles. The van der Waals surface area contributed by atoms with Crippen molar-refractivity contribution in [2.75, 3.05) is 0 Å². The van der Waals surface area contributed by atoms with Crippen molar-refractivity contribution in [2.24, 2.45) is 0 Å². The predicted octanol–water partition coefficient (Wildman–Crippen LogP) is 4.01. The molecule has 172 valence electrons. The number of nitrogens with zero attached hydrogens (tertiary/aromatic N) is 1. The van der Waals surface area contributed by atoms with Crippen LogP contribution < -0.4 is 5.32 Å². The number of alkyl carbamates (subject to hydrolysis) is 1. The van der Waals surface area contributed by atoms with Gasteiger partial charge in [-0.25, -0.2) is 9.59 Å². The van der Waals surface area contributed by atoms with Crippen LogP contribution in [-0.2, 0) is 27.3 Å².